The number of aromatic nitrogens is 2. The van der Waals surface area contributed by atoms with Crippen molar-refractivity contribution in [2.24, 2.45) is 0 Å². The van der Waals surface area contributed by atoms with Gasteiger partial charge in [-0.25, -0.2) is 19.1 Å². The highest BCUT2D eigenvalue weighted by molar-refractivity contribution is 7.98. The Kier molecular flexibility index (Phi) is 11.9. The highest BCUT2D eigenvalue weighted by Crippen LogP contribution is 2.40. The Bertz CT molecular complexity index is 1690. The summed E-state index contributed by atoms with van der Waals surface area (Å²) >= 11 is 1.49. The van der Waals surface area contributed by atoms with Crippen molar-refractivity contribution in [1.29, 1.82) is 0 Å². The van der Waals surface area contributed by atoms with Crippen LogP contribution < -0.4 is 29.2 Å². The maximum absolute atomic E-state index is 15.0. The van der Waals surface area contributed by atoms with Crippen molar-refractivity contribution in [2.45, 2.75) is 24.8 Å². The van der Waals surface area contributed by atoms with E-state index >= 15 is 0 Å². The van der Waals surface area contributed by atoms with Crippen LogP contribution in [0.4, 0.5) is 32.2 Å². The van der Waals surface area contributed by atoms with Gasteiger partial charge in [-0.2, -0.15) is 4.98 Å². The van der Waals surface area contributed by atoms with Crippen LogP contribution in [-0.2, 0) is 0 Å². The molecule has 0 atom stereocenters. The zero-order valence-corrected chi connectivity index (χ0v) is 28.6. The molecular formula is C35H41FN6O5S. The molecule has 11 nitrogen and oxygen atoms in total. The molecule has 0 spiro atoms. The Hall–Kier alpha value is -4.59. The van der Waals surface area contributed by atoms with Crippen molar-refractivity contribution in [3.63, 3.8) is 0 Å². The Balaban J connectivity index is 1.26. The average molecular weight is 677 g/mol. The molecule has 48 heavy (non-hydrogen) atoms. The number of piperazine rings is 1. The summed E-state index contributed by atoms with van der Waals surface area (Å²) in [4.78, 5) is 29.5. The first kappa shape index (κ1) is 34.7. The van der Waals surface area contributed by atoms with E-state index in [1.165, 1.54) is 42.1 Å². The van der Waals surface area contributed by atoms with Gasteiger partial charge in [-0.1, -0.05) is 12.1 Å². The summed E-state index contributed by atoms with van der Waals surface area (Å²) in [7, 11) is 3.07. The van der Waals surface area contributed by atoms with Gasteiger partial charge in [0.2, 0.25) is 11.8 Å². The lowest BCUT2D eigenvalue weighted by Crippen LogP contribution is -2.49. The maximum Gasteiger partial charge on any atom is 0.425 e. The predicted octanol–water partition coefficient (Wildman–Crippen LogP) is 6.84. The van der Waals surface area contributed by atoms with Gasteiger partial charge in [0.1, 0.15) is 18.1 Å². The number of anilines is 4. The normalized spacial score (nSPS) is 13.6. The molecule has 0 saturated carbocycles. The van der Waals surface area contributed by atoms with E-state index < -0.39 is 11.9 Å². The van der Waals surface area contributed by atoms with Crippen molar-refractivity contribution in [3.8, 4) is 23.1 Å². The van der Waals surface area contributed by atoms with E-state index in [1.54, 1.807) is 37.4 Å². The average Bonchev–Trinajstić information content (AvgIpc) is 3.10. The third kappa shape index (κ3) is 8.65. The molecule has 254 valence electrons. The maximum atomic E-state index is 15.0. The van der Waals surface area contributed by atoms with Crippen LogP contribution in [0.2, 0.25) is 0 Å². The monoisotopic (exact) mass is 676 g/mol. The summed E-state index contributed by atoms with van der Waals surface area (Å²) in [5.74, 6) is 0.748. The van der Waals surface area contributed by atoms with E-state index in [4.69, 9.17) is 18.9 Å². The number of nitrogens with one attached hydrogen (secondary N) is 1. The van der Waals surface area contributed by atoms with Crippen molar-refractivity contribution >= 4 is 40.9 Å². The van der Waals surface area contributed by atoms with Gasteiger partial charge in [-0.15, -0.1) is 11.8 Å². The molecule has 1 fully saturated rings. The van der Waals surface area contributed by atoms with Gasteiger partial charge in [0.25, 0.3) is 0 Å². The van der Waals surface area contributed by atoms with E-state index in [1.807, 2.05) is 30.5 Å². The third-order valence-corrected chi connectivity index (χ3v) is 8.73. The van der Waals surface area contributed by atoms with Crippen LogP contribution in [-0.4, -0.2) is 91.7 Å². The zero-order chi connectivity index (χ0) is 34.0. The Morgan fingerprint density at radius 2 is 1.77 bits per heavy atom. The molecule has 5 rings (SSSR count). The van der Waals surface area contributed by atoms with E-state index in [-0.39, 0.29) is 17.6 Å². The summed E-state index contributed by atoms with van der Waals surface area (Å²) in [6, 6.07) is 19.2. The minimum absolute atomic E-state index is 0.00809. The highest BCUT2D eigenvalue weighted by Gasteiger charge is 2.27. The first-order valence-electron chi connectivity index (χ1n) is 15.7. The van der Waals surface area contributed by atoms with Crippen LogP contribution in [0.5, 0.6) is 23.1 Å². The molecule has 1 aliphatic heterocycles. The number of hydrogen-bond acceptors (Lipinski definition) is 11. The summed E-state index contributed by atoms with van der Waals surface area (Å²) in [5.41, 5.74) is 1.45. The SMILES string of the molecule is COc1ccc(N(C(=O)Oc2ccnc(Nc3ccc(OCCN4CCN(C(C)C)CC4)c(F)c3)n2)c2ccccc2SC)c(OC)c1. The predicted molar refractivity (Wildman–Crippen MR) is 186 cm³/mol. The topological polar surface area (TPSA) is 102 Å². The van der Waals surface area contributed by atoms with Crippen molar-refractivity contribution in [3.05, 3.63) is 78.7 Å². The highest BCUT2D eigenvalue weighted by atomic mass is 32.2. The van der Waals surface area contributed by atoms with E-state index in [2.05, 4.69) is 38.9 Å². The number of thioether (sulfide) groups is 1. The molecule has 3 aromatic carbocycles. The number of ether oxygens (including phenoxy) is 4. The van der Waals surface area contributed by atoms with Crippen LogP contribution in [0.25, 0.3) is 0 Å². The fourth-order valence-electron chi connectivity index (χ4n) is 5.32. The Labute approximate surface area is 285 Å². The number of para-hydroxylation sites is 1. The fraction of sp³-hybridized carbons (Fsp3) is 0.343. The number of amides is 1. The number of benzene rings is 3. The van der Waals surface area contributed by atoms with Crippen molar-refractivity contribution in [1.82, 2.24) is 19.8 Å². The number of carbonyl (C=O) groups is 1. The van der Waals surface area contributed by atoms with E-state index in [0.717, 1.165) is 37.6 Å². The van der Waals surface area contributed by atoms with Gasteiger partial charge >= 0.3 is 6.09 Å². The molecule has 0 bridgehead atoms. The standard InChI is InChI=1S/C35H41FN6O5S/c1-24(2)41-18-16-40(17-19-41)20-21-46-30-13-10-25(22-27(30)36)38-34-37-15-14-33(39-34)47-35(43)42(29-8-6-7-9-32(29)48-5)28-12-11-26(44-3)23-31(28)45-4/h6-15,22-24H,16-21H2,1-5H3,(H,37,38,39). The second-order valence-electron chi connectivity index (χ2n) is 11.2. The molecule has 4 aromatic rings. The second kappa shape index (κ2) is 16.5. The number of halogens is 1. The lowest BCUT2D eigenvalue weighted by Gasteiger charge is -2.36. The van der Waals surface area contributed by atoms with Crippen LogP contribution in [0.3, 0.4) is 0 Å². The van der Waals surface area contributed by atoms with Crippen molar-refractivity contribution < 1.29 is 28.1 Å². The first-order chi connectivity index (χ1) is 23.3. The van der Waals surface area contributed by atoms with Gasteiger partial charge < -0.3 is 24.3 Å². The second-order valence-corrected chi connectivity index (χ2v) is 12.1. The minimum atomic E-state index is -0.723. The molecule has 13 heteroatoms. The number of nitrogens with zero attached hydrogens (tertiary/aromatic N) is 5. The molecule has 1 amide bonds. The Morgan fingerprint density at radius 3 is 2.48 bits per heavy atom. The number of carbonyl (C=O) groups excluding carboxylic acids is 1. The van der Waals surface area contributed by atoms with Crippen LogP contribution in [0.1, 0.15) is 13.8 Å². The molecule has 2 heterocycles. The number of hydrogen-bond donors (Lipinski definition) is 1. The van der Waals surface area contributed by atoms with Gasteiger partial charge in [0.15, 0.2) is 11.6 Å². The number of methoxy groups -OCH3 is 2. The van der Waals surface area contributed by atoms with Gasteiger partial charge in [0, 0.05) is 73.7 Å². The summed E-state index contributed by atoms with van der Waals surface area (Å²) in [6.45, 7) is 9.54. The third-order valence-electron chi connectivity index (χ3n) is 7.95. The molecule has 0 aliphatic carbocycles. The van der Waals surface area contributed by atoms with Crippen LogP contribution in [0, 0.1) is 5.82 Å². The van der Waals surface area contributed by atoms with Gasteiger partial charge in [-0.3, -0.25) is 9.80 Å². The van der Waals surface area contributed by atoms with E-state index in [0.29, 0.717) is 41.2 Å². The lowest BCUT2D eigenvalue weighted by atomic mass is 10.2. The molecule has 0 radical (unpaired) electrons. The molecule has 0 unspecified atom stereocenters. The van der Waals surface area contributed by atoms with Crippen molar-refractivity contribution in [2.75, 3.05) is 70.0 Å². The summed E-state index contributed by atoms with van der Waals surface area (Å²) in [5, 5.41) is 2.98. The molecule has 1 N–H and O–H groups in total. The van der Waals surface area contributed by atoms with E-state index in [9.17, 15) is 9.18 Å². The fourth-order valence-corrected chi connectivity index (χ4v) is 5.90. The smallest absolute Gasteiger partial charge is 0.425 e. The molecule has 1 aromatic heterocycles. The zero-order valence-electron chi connectivity index (χ0n) is 27.8. The van der Waals surface area contributed by atoms with Crippen LogP contribution >= 0.6 is 11.8 Å². The molecular weight excluding hydrogens is 635 g/mol. The largest absolute Gasteiger partial charge is 0.497 e. The minimum Gasteiger partial charge on any atom is -0.497 e. The van der Waals surface area contributed by atoms with Crippen LogP contribution in [0.15, 0.2) is 77.8 Å². The molecule has 1 saturated heterocycles. The Morgan fingerprint density at radius 1 is 0.979 bits per heavy atom. The first-order valence-corrected chi connectivity index (χ1v) is 16.9. The number of rotatable bonds is 13. The summed E-state index contributed by atoms with van der Waals surface area (Å²) in [6.07, 6.45) is 2.65. The van der Waals surface area contributed by atoms with Gasteiger partial charge in [-0.05, 0) is 56.5 Å². The lowest BCUT2D eigenvalue weighted by molar-refractivity contribution is 0.0965. The summed E-state index contributed by atoms with van der Waals surface area (Å²) < 4.78 is 37.5. The quantitative estimate of drug-likeness (QED) is 0.151. The molecule has 1 aliphatic rings. The van der Waals surface area contributed by atoms with Gasteiger partial charge in [0.05, 0.1) is 25.6 Å².